The van der Waals surface area contributed by atoms with Crippen molar-refractivity contribution in [1.82, 2.24) is 0 Å². The van der Waals surface area contributed by atoms with E-state index in [2.05, 4.69) is 0 Å². The molecule has 0 aliphatic rings. The second-order valence-corrected chi connectivity index (χ2v) is 3.80. The van der Waals surface area contributed by atoms with Gasteiger partial charge in [0.15, 0.2) is 5.90 Å². The van der Waals surface area contributed by atoms with Crippen molar-refractivity contribution < 1.29 is 4.74 Å². The smallest absolute Gasteiger partial charge is 0.190 e. The lowest BCUT2D eigenvalue weighted by molar-refractivity contribution is 0.482. The summed E-state index contributed by atoms with van der Waals surface area (Å²) in [5.41, 5.74) is 1.68. The minimum atomic E-state index is 0.155. The molecule has 1 unspecified atom stereocenters. The van der Waals surface area contributed by atoms with Gasteiger partial charge < -0.3 is 4.74 Å². The highest BCUT2D eigenvalue weighted by Gasteiger charge is 2.10. The number of hydrogen-bond acceptors (Lipinski definition) is 2. The van der Waals surface area contributed by atoms with Gasteiger partial charge >= 0.3 is 0 Å². The summed E-state index contributed by atoms with van der Waals surface area (Å²) < 4.78 is 5.48. The number of ether oxygens (including phenoxy) is 1. The molecule has 1 atom stereocenters. The van der Waals surface area contributed by atoms with Crippen LogP contribution < -0.4 is 10.2 Å². The Kier molecular flexibility index (Phi) is 3.95. The SMILES string of the molecule is [B]c1ccc(OC(=N)C(C)CC)c(C)c1. The van der Waals surface area contributed by atoms with Gasteiger partial charge in [0.1, 0.15) is 13.6 Å². The highest BCUT2D eigenvalue weighted by Crippen LogP contribution is 2.17. The number of nitrogens with one attached hydrogen (secondary N) is 1. The Morgan fingerprint density at radius 2 is 2.20 bits per heavy atom. The zero-order chi connectivity index (χ0) is 11.4. The lowest BCUT2D eigenvalue weighted by Gasteiger charge is -2.13. The second-order valence-electron chi connectivity index (χ2n) is 3.80. The van der Waals surface area contributed by atoms with E-state index in [0.29, 0.717) is 5.90 Å². The highest BCUT2D eigenvalue weighted by molar-refractivity contribution is 6.32. The zero-order valence-electron chi connectivity index (χ0n) is 9.50. The summed E-state index contributed by atoms with van der Waals surface area (Å²) >= 11 is 0. The maximum Gasteiger partial charge on any atom is 0.190 e. The third-order valence-corrected chi connectivity index (χ3v) is 2.48. The fourth-order valence-electron chi connectivity index (χ4n) is 1.19. The Balaban J connectivity index is 2.77. The van der Waals surface area contributed by atoms with Gasteiger partial charge in [0.05, 0.1) is 0 Å². The van der Waals surface area contributed by atoms with Crippen LogP contribution in [0.5, 0.6) is 5.75 Å². The van der Waals surface area contributed by atoms with Crippen LogP contribution in [-0.4, -0.2) is 13.7 Å². The zero-order valence-corrected chi connectivity index (χ0v) is 9.50. The molecule has 0 bridgehead atoms. The molecule has 2 radical (unpaired) electrons. The molecular weight excluding hydrogens is 185 g/mol. The van der Waals surface area contributed by atoms with Crippen LogP contribution in [0.3, 0.4) is 0 Å². The summed E-state index contributed by atoms with van der Waals surface area (Å²) in [7, 11) is 5.64. The van der Waals surface area contributed by atoms with E-state index in [-0.39, 0.29) is 5.92 Å². The van der Waals surface area contributed by atoms with Crippen molar-refractivity contribution >= 4 is 19.2 Å². The van der Waals surface area contributed by atoms with Gasteiger partial charge in [-0.3, -0.25) is 5.41 Å². The van der Waals surface area contributed by atoms with E-state index in [9.17, 15) is 0 Å². The molecular formula is C12H16BNO. The number of aryl methyl sites for hydroxylation is 1. The van der Waals surface area contributed by atoms with E-state index in [0.717, 1.165) is 23.2 Å². The standard InChI is InChI=1S/C12H16BNO/c1-4-8(2)12(14)15-11-6-5-10(13)7-9(11)3/h5-8,14H,4H2,1-3H3. The van der Waals surface area contributed by atoms with Crippen molar-refractivity contribution in [3.8, 4) is 5.75 Å². The van der Waals surface area contributed by atoms with Crippen molar-refractivity contribution in [2.75, 3.05) is 0 Å². The predicted molar refractivity (Wildman–Crippen MR) is 64.4 cm³/mol. The molecule has 1 aromatic rings. The Morgan fingerprint density at radius 3 is 2.73 bits per heavy atom. The van der Waals surface area contributed by atoms with E-state index in [1.165, 1.54) is 0 Å². The van der Waals surface area contributed by atoms with Crippen LogP contribution in [-0.2, 0) is 0 Å². The van der Waals surface area contributed by atoms with Crippen LogP contribution in [0.25, 0.3) is 0 Å². The molecule has 15 heavy (non-hydrogen) atoms. The molecule has 3 heteroatoms. The van der Waals surface area contributed by atoms with E-state index in [1.807, 2.05) is 32.9 Å². The van der Waals surface area contributed by atoms with Crippen molar-refractivity contribution in [1.29, 1.82) is 5.41 Å². The fraction of sp³-hybridized carbons (Fsp3) is 0.417. The Hall–Kier alpha value is -1.25. The Labute approximate surface area is 92.6 Å². The first kappa shape index (κ1) is 11.8. The average molecular weight is 201 g/mol. The third kappa shape index (κ3) is 3.12. The first-order chi connectivity index (χ1) is 7.04. The van der Waals surface area contributed by atoms with Crippen LogP contribution in [0, 0.1) is 18.3 Å². The largest absolute Gasteiger partial charge is 0.443 e. The maximum absolute atomic E-state index is 7.73. The van der Waals surface area contributed by atoms with Gasteiger partial charge in [-0.1, -0.05) is 31.4 Å². The molecule has 0 saturated heterocycles. The maximum atomic E-state index is 7.73. The van der Waals surface area contributed by atoms with Crippen LogP contribution in [0.15, 0.2) is 18.2 Å². The van der Waals surface area contributed by atoms with Crippen molar-refractivity contribution in [2.24, 2.45) is 5.92 Å². The summed E-state index contributed by atoms with van der Waals surface area (Å²) in [5.74, 6) is 1.18. The van der Waals surface area contributed by atoms with Crippen molar-refractivity contribution in [3.05, 3.63) is 23.8 Å². The lowest BCUT2D eigenvalue weighted by Crippen LogP contribution is -2.17. The second kappa shape index (κ2) is 5.01. The molecule has 0 aliphatic carbocycles. The van der Waals surface area contributed by atoms with E-state index < -0.39 is 0 Å². The number of benzene rings is 1. The molecule has 0 fully saturated rings. The van der Waals surface area contributed by atoms with Gasteiger partial charge in [0.25, 0.3) is 0 Å². The molecule has 0 amide bonds. The minimum Gasteiger partial charge on any atom is -0.443 e. The fourth-order valence-corrected chi connectivity index (χ4v) is 1.19. The van der Waals surface area contributed by atoms with Crippen LogP contribution in [0.1, 0.15) is 25.8 Å². The quantitative estimate of drug-likeness (QED) is 0.453. The summed E-state index contributed by atoms with van der Waals surface area (Å²) in [5, 5.41) is 7.73. The van der Waals surface area contributed by atoms with Crippen LogP contribution in [0.2, 0.25) is 0 Å². The topological polar surface area (TPSA) is 33.1 Å². The summed E-state index contributed by atoms with van der Waals surface area (Å²) in [6.07, 6.45) is 0.910. The molecule has 0 aromatic heterocycles. The number of rotatable bonds is 3. The molecule has 0 aliphatic heterocycles. The molecule has 78 valence electrons. The van der Waals surface area contributed by atoms with Crippen LogP contribution in [0.4, 0.5) is 0 Å². The molecule has 1 N–H and O–H groups in total. The van der Waals surface area contributed by atoms with Gasteiger partial charge in [-0.25, -0.2) is 0 Å². The van der Waals surface area contributed by atoms with Gasteiger partial charge in [-0.15, -0.1) is 0 Å². The van der Waals surface area contributed by atoms with E-state index in [1.54, 1.807) is 6.07 Å². The van der Waals surface area contributed by atoms with Gasteiger partial charge in [-0.05, 0) is 25.0 Å². The summed E-state index contributed by atoms with van der Waals surface area (Å²) in [6, 6.07) is 5.44. The molecule has 1 rings (SSSR count). The normalized spacial score (nSPS) is 12.2. The van der Waals surface area contributed by atoms with Gasteiger partial charge in [-0.2, -0.15) is 0 Å². The third-order valence-electron chi connectivity index (χ3n) is 2.48. The van der Waals surface area contributed by atoms with Crippen LogP contribution >= 0.6 is 0 Å². The monoisotopic (exact) mass is 201 g/mol. The van der Waals surface area contributed by atoms with Gasteiger partial charge in [0, 0.05) is 5.92 Å². The summed E-state index contributed by atoms with van der Waals surface area (Å²) in [4.78, 5) is 0. The van der Waals surface area contributed by atoms with Gasteiger partial charge in [0.2, 0.25) is 0 Å². The van der Waals surface area contributed by atoms with Crippen molar-refractivity contribution in [2.45, 2.75) is 27.2 Å². The first-order valence-electron chi connectivity index (χ1n) is 5.17. The van der Waals surface area contributed by atoms with Crippen molar-refractivity contribution in [3.63, 3.8) is 0 Å². The molecule has 2 nitrogen and oxygen atoms in total. The average Bonchev–Trinajstić information content (AvgIpc) is 2.20. The molecule has 0 heterocycles. The lowest BCUT2D eigenvalue weighted by atomic mass is 9.94. The molecule has 0 spiro atoms. The van der Waals surface area contributed by atoms with E-state index >= 15 is 0 Å². The summed E-state index contributed by atoms with van der Waals surface area (Å²) in [6.45, 7) is 5.95. The minimum absolute atomic E-state index is 0.155. The Morgan fingerprint density at radius 1 is 1.53 bits per heavy atom. The molecule has 1 aromatic carbocycles. The van der Waals surface area contributed by atoms with E-state index in [4.69, 9.17) is 18.0 Å². The highest BCUT2D eigenvalue weighted by atomic mass is 16.5. The molecule has 0 saturated carbocycles. The Bertz CT molecular complexity index is 363. The first-order valence-corrected chi connectivity index (χ1v) is 5.17. The number of hydrogen-bond donors (Lipinski definition) is 1. The predicted octanol–water partition coefficient (Wildman–Crippen LogP) is 2.19.